The minimum absolute atomic E-state index is 0.286. The molecule has 0 radical (unpaired) electrons. The second-order valence-corrected chi connectivity index (χ2v) is 3.34. The van der Waals surface area contributed by atoms with Crippen LogP contribution in [0.15, 0.2) is 36.7 Å². The number of rotatable bonds is 2. The molecule has 0 aliphatic rings. The topological polar surface area (TPSA) is 55.0 Å². The third-order valence-electron chi connectivity index (χ3n) is 2.21. The van der Waals surface area contributed by atoms with Gasteiger partial charge in [-0.05, 0) is 18.2 Å². The SMILES string of the molecule is CN(c1cccc(F)c1)c1cc(N)ncn1. The first-order valence-corrected chi connectivity index (χ1v) is 4.73. The summed E-state index contributed by atoms with van der Waals surface area (Å²) < 4.78 is 13.0. The molecular formula is C11H11FN4. The number of anilines is 3. The molecule has 2 rings (SSSR count). The summed E-state index contributed by atoms with van der Waals surface area (Å²) in [5, 5.41) is 0. The quantitative estimate of drug-likeness (QED) is 0.837. The zero-order valence-electron chi connectivity index (χ0n) is 8.76. The van der Waals surface area contributed by atoms with E-state index in [1.54, 1.807) is 30.1 Å². The van der Waals surface area contributed by atoms with Crippen LogP contribution in [0.3, 0.4) is 0 Å². The molecule has 1 aromatic heterocycles. The molecule has 4 nitrogen and oxygen atoms in total. The van der Waals surface area contributed by atoms with E-state index >= 15 is 0 Å². The number of benzene rings is 1. The van der Waals surface area contributed by atoms with E-state index in [2.05, 4.69) is 9.97 Å². The molecule has 0 aliphatic carbocycles. The molecule has 0 unspecified atom stereocenters. The lowest BCUT2D eigenvalue weighted by Crippen LogP contribution is -2.12. The Labute approximate surface area is 92.6 Å². The van der Waals surface area contributed by atoms with Gasteiger partial charge in [-0.15, -0.1) is 0 Å². The summed E-state index contributed by atoms with van der Waals surface area (Å²) in [7, 11) is 1.79. The van der Waals surface area contributed by atoms with E-state index in [4.69, 9.17) is 5.73 Å². The molecule has 1 heterocycles. The molecule has 16 heavy (non-hydrogen) atoms. The van der Waals surface area contributed by atoms with Crippen LogP contribution in [0.5, 0.6) is 0 Å². The maximum Gasteiger partial charge on any atom is 0.138 e. The molecule has 2 N–H and O–H groups in total. The predicted octanol–water partition coefficient (Wildman–Crippen LogP) is 1.97. The summed E-state index contributed by atoms with van der Waals surface area (Å²) in [6.45, 7) is 0. The average Bonchev–Trinajstić information content (AvgIpc) is 2.28. The standard InChI is InChI=1S/C11H11FN4/c1-16(9-4-2-3-8(12)5-9)11-6-10(13)14-7-15-11/h2-7H,1H3,(H2,13,14,15). The number of aromatic nitrogens is 2. The number of halogens is 1. The Morgan fingerprint density at radius 2 is 2.06 bits per heavy atom. The van der Waals surface area contributed by atoms with Crippen molar-refractivity contribution >= 4 is 17.3 Å². The number of hydrogen-bond donors (Lipinski definition) is 1. The van der Waals surface area contributed by atoms with Gasteiger partial charge in [0.2, 0.25) is 0 Å². The van der Waals surface area contributed by atoms with E-state index in [9.17, 15) is 4.39 Å². The summed E-state index contributed by atoms with van der Waals surface area (Å²) in [4.78, 5) is 9.59. The lowest BCUT2D eigenvalue weighted by molar-refractivity contribution is 0.628. The number of hydrogen-bond acceptors (Lipinski definition) is 4. The van der Waals surface area contributed by atoms with Crippen molar-refractivity contribution in [1.29, 1.82) is 0 Å². The highest BCUT2D eigenvalue weighted by Gasteiger charge is 2.06. The summed E-state index contributed by atoms with van der Waals surface area (Å²) in [5.41, 5.74) is 6.26. The average molecular weight is 218 g/mol. The Kier molecular flexibility index (Phi) is 2.68. The van der Waals surface area contributed by atoms with Crippen molar-refractivity contribution in [3.8, 4) is 0 Å². The smallest absolute Gasteiger partial charge is 0.138 e. The monoisotopic (exact) mass is 218 g/mol. The van der Waals surface area contributed by atoms with E-state index in [0.29, 0.717) is 17.3 Å². The van der Waals surface area contributed by atoms with Gasteiger partial charge in [-0.25, -0.2) is 14.4 Å². The highest BCUT2D eigenvalue weighted by molar-refractivity contribution is 5.60. The maximum atomic E-state index is 13.0. The van der Waals surface area contributed by atoms with Crippen LogP contribution >= 0.6 is 0 Å². The maximum absolute atomic E-state index is 13.0. The molecular weight excluding hydrogens is 207 g/mol. The third-order valence-corrected chi connectivity index (χ3v) is 2.21. The number of nitrogens with two attached hydrogens (primary N) is 1. The van der Waals surface area contributed by atoms with Crippen LogP contribution in [0.1, 0.15) is 0 Å². The molecule has 0 amide bonds. The third kappa shape index (κ3) is 2.08. The van der Waals surface area contributed by atoms with Gasteiger partial charge >= 0.3 is 0 Å². The van der Waals surface area contributed by atoms with Gasteiger partial charge in [-0.1, -0.05) is 6.07 Å². The zero-order valence-corrected chi connectivity index (χ0v) is 8.76. The van der Waals surface area contributed by atoms with E-state index in [1.165, 1.54) is 18.5 Å². The van der Waals surface area contributed by atoms with Gasteiger partial charge in [-0.2, -0.15) is 0 Å². The Bertz CT molecular complexity index is 455. The lowest BCUT2D eigenvalue weighted by atomic mass is 10.3. The molecule has 0 atom stereocenters. The normalized spacial score (nSPS) is 10.1. The van der Waals surface area contributed by atoms with Crippen LogP contribution in [-0.4, -0.2) is 17.0 Å². The van der Waals surface area contributed by atoms with Crippen molar-refractivity contribution in [3.63, 3.8) is 0 Å². The minimum Gasteiger partial charge on any atom is -0.384 e. The molecule has 0 spiro atoms. The van der Waals surface area contributed by atoms with Crippen molar-refractivity contribution < 1.29 is 4.39 Å². The predicted molar refractivity (Wildman–Crippen MR) is 60.9 cm³/mol. The van der Waals surface area contributed by atoms with Crippen LogP contribution in [0.2, 0.25) is 0 Å². The van der Waals surface area contributed by atoms with Crippen molar-refractivity contribution in [3.05, 3.63) is 42.5 Å². The van der Waals surface area contributed by atoms with Crippen molar-refractivity contribution in [2.75, 3.05) is 17.7 Å². The highest BCUT2D eigenvalue weighted by Crippen LogP contribution is 2.22. The zero-order chi connectivity index (χ0) is 11.5. The first-order chi connectivity index (χ1) is 7.66. The van der Waals surface area contributed by atoms with Crippen LogP contribution < -0.4 is 10.6 Å². The van der Waals surface area contributed by atoms with Gasteiger partial charge in [0.05, 0.1) is 0 Å². The summed E-state index contributed by atoms with van der Waals surface area (Å²) in [6, 6.07) is 7.89. The van der Waals surface area contributed by atoms with Crippen LogP contribution in [0.4, 0.5) is 21.7 Å². The van der Waals surface area contributed by atoms with Gasteiger partial charge in [0.15, 0.2) is 0 Å². The fraction of sp³-hybridized carbons (Fsp3) is 0.0909. The van der Waals surface area contributed by atoms with Gasteiger partial charge < -0.3 is 10.6 Å². The van der Waals surface area contributed by atoms with Gasteiger partial charge in [-0.3, -0.25) is 0 Å². The molecule has 0 aliphatic heterocycles. The van der Waals surface area contributed by atoms with E-state index < -0.39 is 0 Å². The van der Waals surface area contributed by atoms with E-state index in [0.717, 1.165) is 0 Å². The Balaban J connectivity index is 2.35. The lowest BCUT2D eigenvalue weighted by Gasteiger charge is -2.18. The largest absolute Gasteiger partial charge is 0.384 e. The van der Waals surface area contributed by atoms with Crippen LogP contribution in [0, 0.1) is 5.82 Å². The molecule has 0 saturated carbocycles. The van der Waals surface area contributed by atoms with E-state index in [1.807, 2.05) is 0 Å². The highest BCUT2D eigenvalue weighted by atomic mass is 19.1. The van der Waals surface area contributed by atoms with Crippen molar-refractivity contribution in [1.82, 2.24) is 9.97 Å². The first-order valence-electron chi connectivity index (χ1n) is 4.73. The Morgan fingerprint density at radius 3 is 2.75 bits per heavy atom. The summed E-state index contributed by atoms with van der Waals surface area (Å²) in [5.74, 6) is 0.720. The fourth-order valence-electron chi connectivity index (χ4n) is 1.36. The second-order valence-electron chi connectivity index (χ2n) is 3.34. The molecule has 82 valence electrons. The van der Waals surface area contributed by atoms with Gasteiger partial charge in [0.1, 0.15) is 23.8 Å². The Morgan fingerprint density at radius 1 is 1.25 bits per heavy atom. The van der Waals surface area contributed by atoms with Crippen molar-refractivity contribution in [2.24, 2.45) is 0 Å². The van der Waals surface area contributed by atoms with Crippen LogP contribution in [0.25, 0.3) is 0 Å². The first kappa shape index (κ1) is 10.4. The number of nitrogens with zero attached hydrogens (tertiary/aromatic N) is 3. The van der Waals surface area contributed by atoms with Crippen molar-refractivity contribution in [2.45, 2.75) is 0 Å². The van der Waals surface area contributed by atoms with Crippen LogP contribution in [-0.2, 0) is 0 Å². The summed E-state index contributed by atoms with van der Waals surface area (Å²) in [6.07, 6.45) is 1.38. The molecule has 0 bridgehead atoms. The summed E-state index contributed by atoms with van der Waals surface area (Å²) >= 11 is 0. The van der Waals surface area contributed by atoms with Gasteiger partial charge in [0.25, 0.3) is 0 Å². The van der Waals surface area contributed by atoms with Gasteiger partial charge in [0, 0.05) is 18.8 Å². The second kappa shape index (κ2) is 4.14. The van der Waals surface area contributed by atoms with E-state index in [-0.39, 0.29) is 5.82 Å². The number of nitrogen functional groups attached to an aromatic ring is 1. The molecule has 5 heteroatoms. The fourth-order valence-corrected chi connectivity index (χ4v) is 1.36. The molecule has 1 aromatic carbocycles. The molecule has 0 saturated heterocycles. The Hall–Kier alpha value is -2.17. The minimum atomic E-state index is -0.286. The molecule has 2 aromatic rings. The molecule has 0 fully saturated rings.